The average molecular weight is 327 g/mol. The minimum absolute atomic E-state index is 0.159. The van der Waals surface area contributed by atoms with Crippen LogP contribution in [0.1, 0.15) is 19.8 Å². The van der Waals surface area contributed by atoms with E-state index in [2.05, 4.69) is 51.9 Å². The van der Waals surface area contributed by atoms with Gasteiger partial charge in [0.1, 0.15) is 4.60 Å². The highest BCUT2D eigenvalue weighted by Crippen LogP contribution is 2.16. The summed E-state index contributed by atoms with van der Waals surface area (Å²) in [6.45, 7) is 3.15. The van der Waals surface area contributed by atoms with Crippen molar-refractivity contribution in [3.63, 3.8) is 0 Å². The predicted octanol–water partition coefficient (Wildman–Crippen LogP) is 2.60. The van der Waals surface area contributed by atoms with Gasteiger partial charge < -0.3 is 9.64 Å². The minimum Gasteiger partial charge on any atom is -0.474 e. The number of fused-ring (bicyclic) bond motifs is 1. The molecular weight excluding hydrogens is 308 g/mol. The second-order valence-electron chi connectivity index (χ2n) is 4.90. The van der Waals surface area contributed by atoms with E-state index in [1.807, 2.05) is 12.1 Å². The maximum absolute atomic E-state index is 5.83. The van der Waals surface area contributed by atoms with E-state index in [1.54, 1.807) is 10.7 Å². The normalized spacial score (nSPS) is 13.1. The van der Waals surface area contributed by atoms with Gasteiger partial charge in [-0.25, -0.2) is 9.50 Å². The lowest BCUT2D eigenvalue weighted by Gasteiger charge is -2.15. The molecule has 0 aliphatic rings. The first-order valence-electron chi connectivity index (χ1n) is 6.38. The summed E-state index contributed by atoms with van der Waals surface area (Å²) >= 11 is 3.40. The lowest BCUT2D eigenvalue weighted by molar-refractivity contribution is 0.191. The fourth-order valence-corrected chi connectivity index (χ4v) is 2.21. The van der Waals surface area contributed by atoms with Gasteiger partial charge in [-0.3, -0.25) is 0 Å². The van der Waals surface area contributed by atoms with Gasteiger partial charge in [-0.1, -0.05) is 0 Å². The monoisotopic (exact) mass is 326 g/mol. The van der Waals surface area contributed by atoms with E-state index >= 15 is 0 Å². The molecule has 5 nitrogen and oxygen atoms in total. The highest BCUT2D eigenvalue weighted by molar-refractivity contribution is 9.10. The summed E-state index contributed by atoms with van der Waals surface area (Å²) in [4.78, 5) is 6.38. The lowest BCUT2D eigenvalue weighted by atomic mass is 10.2. The molecule has 0 bridgehead atoms. The minimum atomic E-state index is 0.159. The molecule has 0 saturated carbocycles. The summed E-state index contributed by atoms with van der Waals surface area (Å²) in [5.74, 6) is 0.628. The Morgan fingerprint density at radius 3 is 2.95 bits per heavy atom. The number of imidazole rings is 1. The van der Waals surface area contributed by atoms with E-state index in [-0.39, 0.29) is 6.10 Å². The second kappa shape index (κ2) is 6.34. The Labute approximate surface area is 121 Å². The average Bonchev–Trinajstić information content (AvgIpc) is 2.70. The largest absolute Gasteiger partial charge is 0.474 e. The van der Waals surface area contributed by atoms with Gasteiger partial charge in [-0.2, -0.15) is 0 Å². The zero-order chi connectivity index (χ0) is 13.8. The van der Waals surface area contributed by atoms with Gasteiger partial charge in [0, 0.05) is 6.07 Å². The molecule has 6 heteroatoms. The Morgan fingerprint density at radius 2 is 2.21 bits per heavy atom. The SMILES string of the molecule is CC(CCCN(C)C)Oc1ccc2ncc(Br)n2n1. The molecule has 0 fully saturated rings. The highest BCUT2D eigenvalue weighted by Gasteiger charge is 2.08. The Morgan fingerprint density at radius 1 is 1.42 bits per heavy atom. The smallest absolute Gasteiger partial charge is 0.232 e. The van der Waals surface area contributed by atoms with Crippen molar-refractivity contribution in [2.75, 3.05) is 20.6 Å². The van der Waals surface area contributed by atoms with Crippen LogP contribution >= 0.6 is 15.9 Å². The molecule has 0 N–H and O–H groups in total. The number of nitrogens with zero attached hydrogens (tertiary/aromatic N) is 4. The number of aromatic nitrogens is 3. The third kappa shape index (κ3) is 3.91. The second-order valence-corrected chi connectivity index (χ2v) is 5.71. The summed E-state index contributed by atoms with van der Waals surface area (Å²) in [6.07, 6.45) is 4.02. The van der Waals surface area contributed by atoms with E-state index in [4.69, 9.17) is 4.74 Å². The van der Waals surface area contributed by atoms with E-state index in [1.165, 1.54) is 0 Å². The Bertz CT molecular complexity index is 540. The molecule has 1 unspecified atom stereocenters. The molecule has 0 amide bonds. The summed E-state index contributed by atoms with van der Waals surface area (Å²) in [5.41, 5.74) is 0.805. The van der Waals surface area contributed by atoms with Crippen LogP contribution in [0.3, 0.4) is 0 Å². The fourth-order valence-electron chi connectivity index (χ4n) is 1.85. The van der Waals surface area contributed by atoms with Crippen molar-refractivity contribution in [2.24, 2.45) is 0 Å². The molecule has 2 heterocycles. The fraction of sp³-hybridized carbons (Fsp3) is 0.538. The van der Waals surface area contributed by atoms with Crippen molar-refractivity contribution in [3.8, 4) is 5.88 Å². The quantitative estimate of drug-likeness (QED) is 0.818. The van der Waals surface area contributed by atoms with Gasteiger partial charge >= 0.3 is 0 Å². The molecule has 0 saturated heterocycles. The molecule has 0 spiro atoms. The molecule has 2 aromatic heterocycles. The van der Waals surface area contributed by atoms with Gasteiger partial charge in [0.15, 0.2) is 5.65 Å². The first-order valence-corrected chi connectivity index (χ1v) is 7.17. The Hall–Kier alpha value is -1.14. The van der Waals surface area contributed by atoms with Crippen LogP contribution in [0.4, 0.5) is 0 Å². The van der Waals surface area contributed by atoms with E-state index < -0.39 is 0 Å². The molecular formula is C13H19BrN4O. The Balaban J connectivity index is 1.94. The van der Waals surface area contributed by atoms with Crippen LogP contribution < -0.4 is 4.74 Å². The van der Waals surface area contributed by atoms with Crippen LogP contribution in [-0.2, 0) is 0 Å². The third-order valence-electron chi connectivity index (χ3n) is 2.83. The van der Waals surface area contributed by atoms with Crippen molar-refractivity contribution in [1.29, 1.82) is 0 Å². The summed E-state index contributed by atoms with van der Waals surface area (Å²) in [6, 6.07) is 3.76. The van der Waals surface area contributed by atoms with Gasteiger partial charge in [-0.05, 0) is 62.4 Å². The van der Waals surface area contributed by atoms with Crippen molar-refractivity contribution < 1.29 is 4.74 Å². The highest BCUT2D eigenvalue weighted by atomic mass is 79.9. The number of ether oxygens (including phenoxy) is 1. The van der Waals surface area contributed by atoms with Gasteiger partial charge in [0.2, 0.25) is 5.88 Å². The molecule has 0 aromatic carbocycles. The molecule has 19 heavy (non-hydrogen) atoms. The first kappa shape index (κ1) is 14.3. The standard InChI is InChI=1S/C13H19BrN4O/c1-10(5-4-8-17(2)3)19-13-7-6-12-15-9-11(14)18(12)16-13/h6-7,9-10H,4-5,8H2,1-3H3. The van der Waals surface area contributed by atoms with Crippen LogP contribution in [-0.4, -0.2) is 46.2 Å². The van der Waals surface area contributed by atoms with Gasteiger partial charge in [0.05, 0.1) is 12.3 Å². The number of hydrogen-bond acceptors (Lipinski definition) is 4. The van der Waals surface area contributed by atoms with Crippen LogP contribution in [0.5, 0.6) is 5.88 Å². The molecule has 1 atom stereocenters. The maximum Gasteiger partial charge on any atom is 0.232 e. The molecule has 2 aromatic rings. The zero-order valence-electron chi connectivity index (χ0n) is 11.5. The number of hydrogen-bond donors (Lipinski definition) is 0. The van der Waals surface area contributed by atoms with Gasteiger partial charge in [-0.15, -0.1) is 5.10 Å². The maximum atomic E-state index is 5.83. The van der Waals surface area contributed by atoms with Crippen LogP contribution in [0.2, 0.25) is 0 Å². The molecule has 0 aliphatic carbocycles. The third-order valence-corrected chi connectivity index (χ3v) is 3.37. The summed E-state index contributed by atoms with van der Waals surface area (Å²) in [5, 5.41) is 4.39. The first-order chi connectivity index (χ1) is 9.06. The van der Waals surface area contributed by atoms with E-state index in [0.29, 0.717) is 5.88 Å². The molecule has 0 aliphatic heterocycles. The van der Waals surface area contributed by atoms with Crippen LogP contribution in [0, 0.1) is 0 Å². The van der Waals surface area contributed by atoms with Crippen molar-refractivity contribution in [2.45, 2.75) is 25.9 Å². The number of halogens is 1. The van der Waals surface area contributed by atoms with E-state index in [9.17, 15) is 0 Å². The lowest BCUT2D eigenvalue weighted by Crippen LogP contribution is -2.18. The molecule has 2 rings (SSSR count). The molecule has 104 valence electrons. The Kier molecular flexibility index (Phi) is 4.76. The van der Waals surface area contributed by atoms with Gasteiger partial charge in [0.25, 0.3) is 0 Å². The molecule has 0 radical (unpaired) electrons. The van der Waals surface area contributed by atoms with Crippen LogP contribution in [0.25, 0.3) is 5.65 Å². The topological polar surface area (TPSA) is 42.7 Å². The van der Waals surface area contributed by atoms with Crippen LogP contribution in [0.15, 0.2) is 22.9 Å². The zero-order valence-corrected chi connectivity index (χ0v) is 13.1. The van der Waals surface area contributed by atoms with E-state index in [0.717, 1.165) is 29.6 Å². The summed E-state index contributed by atoms with van der Waals surface area (Å²) in [7, 11) is 4.16. The number of rotatable bonds is 6. The van der Waals surface area contributed by atoms with Crippen molar-refractivity contribution in [3.05, 3.63) is 22.9 Å². The van der Waals surface area contributed by atoms with Crippen molar-refractivity contribution in [1.82, 2.24) is 19.5 Å². The summed E-state index contributed by atoms with van der Waals surface area (Å²) < 4.78 is 8.38. The van der Waals surface area contributed by atoms with Crippen molar-refractivity contribution >= 4 is 21.6 Å². The predicted molar refractivity (Wildman–Crippen MR) is 78.6 cm³/mol.